The van der Waals surface area contributed by atoms with Gasteiger partial charge in [-0.15, -0.1) is 0 Å². The number of hydrogen-bond donors (Lipinski definition) is 3. The molecule has 0 atom stereocenters. The number of ether oxygens (including phenoxy) is 1. The lowest BCUT2D eigenvalue weighted by Gasteiger charge is -2.11. The van der Waals surface area contributed by atoms with Crippen LogP contribution >= 0.6 is 0 Å². The highest BCUT2D eigenvalue weighted by Crippen LogP contribution is 2.21. The second-order valence-corrected chi connectivity index (χ2v) is 5.39. The third-order valence-electron chi connectivity index (χ3n) is 3.41. The number of para-hydroxylation sites is 1. The number of nitrogens with one attached hydrogen (secondary N) is 3. The summed E-state index contributed by atoms with van der Waals surface area (Å²) >= 11 is 0. The topological polar surface area (TPSA) is 113 Å². The first-order chi connectivity index (χ1) is 11.6. The zero-order valence-corrected chi connectivity index (χ0v) is 12.7. The molecule has 0 spiro atoms. The van der Waals surface area contributed by atoms with Crippen molar-refractivity contribution in [2.75, 3.05) is 11.9 Å². The first-order valence-corrected chi connectivity index (χ1v) is 7.50. The lowest BCUT2D eigenvalue weighted by atomic mass is 10.1. The number of carbonyl (C=O) groups is 3. The van der Waals surface area contributed by atoms with E-state index in [1.807, 2.05) is 0 Å². The molecule has 3 rings (SSSR count). The van der Waals surface area contributed by atoms with Gasteiger partial charge in [-0.3, -0.25) is 14.7 Å². The Bertz CT molecular complexity index is 753. The fraction of sp³-hybridized carbons (Fsp3) is 0.250. The van der Waals surface area contributed by atoms with E-state index >= 15 is 0 Å². The van der Waals surface area contributed by atoms with E-state index in [1.54, 1.807) is 24.3 Å². The smallest absolute Gasteiger partial charge is 0.356 e. The van der Waals surface area contributed by atoms with Gasteiger partial charge in [0.15, 0.2) is 6.61 Å². The monoisotopic (exact) mass is 328 g/mol. The van der Waals surface area contributed by atoms with E-state index in [2.05, 4.69) is 20.8 Å². The van der Waals surface area contributed by atoms with Gasteiger partial charge in [-0.2, -0.15) is 5.10 Å². The van der Waals surface area contributed by atoms with E-state index in [4.69, 9.17) is 4.74 Å². The van der Waals surface area contributed by atoms with Crippen LogP contribution < -0.4 is 10.6 Å². The summed E-state index contributed by atoms with van der Waals surface area (Å²) in [5, 5.41) is 11.5. The number of anilines is 1. The summed E-state index contributed by atoms with van der Waals surface area (Å²) in [4.78, 5) is 35.7. The molecule has 8 nitrogen and oxygen atoms in total. The Labute approximate surface area is 137 Å². The van der Waals surface area contributed by atoms with Crippen LogP contribution in [0.5, 0.6) is 0 Å². The van der Waals surface area contributed by atoms with Crippen molar-refractivity contribution in [2.45, 2.75) is 18.9 Å². The summed E-state index contributed by atoms with van der Waals surface area (Å²) in [6, 6.07) is 8.34. The minimum atomic E-state index is -0.678. The Morgan fingerprint density at radius 3 is 2.71 bits per heavy atom. The molecule has 1 fully saturated rings. The summed E-state index contributed by atoms with van der Waals surface area (Å²) in [5.74, 6) is -1.44. The van der Waals surface area contributed by atoms with Crippen molar-refractivity contribution in [3.63, 3.8) is 0 Å². The minimum Gasteiger partial charge on any atom is -0.451 e. The van der Waals surface area contributed by atoms with Gasteiger partial charge in [0.2, 0.25) is 0 Å². The Balaban J connectivity index is 1.57. The number of esters is 1. The Morgan fingerprint density at radius 1 is 1.21 bits per heavy atom. The van der Waals surface area contributed by atoms with Crippen LogP contribution in [0.25, 0.3) is 0 Å². The molecular formula is C16H16N4O4. The van der Waals surface area contributed by atoms with E-state index in [0.29, 0.717) is 11.3 Å². The molecule has 0 saturated heterocycles. The van der Waals surface area contributed by atoms with Gasteiger partial charge >= 0.3 is 5.97 Å². The summed E-state index contributed by atoms with van der Waals surface area (Å²) in [7, 11) is 0. The number of aromatic amines is 1. The SMILES string of the molecule is O=C(COC(=O)c1ccn[nH]1)Nc1ccccc1C(=O)NC1CC1. The molecule has 0 unspecified atom stereocenters. The largest absolute Gasteiger partial charge is 0.451 e. The third kappa shape index (κ3) is 3.97. The molecule has 3 N–H and O–H groups in total. The van der Waals surface area contributed by atoms with Crippen molar-refractivity contribution in [1.29, 1.82) is 0 Å². The van der Waals surface area contributed by atoms with Crippen LogP contribution in [-0.2, 0) is 9.53 Å². The van der Waals surface area contributed by atoms with Gasteiger partial charge in [0.1, 0.15) is 5.69 Å². The van der Waals surface area contributed by atoms with Crippen LogP contribution in [0.3, 0.4) is 0 Å². The number of aromatic nitrogens is 2. The summed E-state index contributed by atoms with van der Waals surface area (Å²) in [5.41, 5.74) is 0.905. The Kier molecular flexibility index (Phi) is 4.55. The van der Waals surface area contributed by atoms with Gasteiger partial charge in [-0.25, -0.2) is 4.79 Å². The van der Waals surface area contributed by atoms with Crippen molar-refractivity contribution < 1.29 is 19.1 Å². The quantitative estimate of drug-likeness (QED) is 0.687. The fourth-order valence-electron chi connectivity index (χ4n) is 2.05. The zero-order chi connectivity index (χ0) is 16.9. The maximum absolute atomic E-state index is 12.2. The second-order valence-electron chi connectivity index (χ2n) is 5.39. The summed E-state index contributed by atoms with van der Waals surface area (Å²) < 4.78 is 4.87. The number of hydrogen-bond acceptors (Lipinski definition) is 5. The van der Waals surface area contributed by atoms with E-state index in [0.717, 1.165) is 12.8 Å². The molecule has 124 valence electrons. The molecule has 1 aromatic carbocycles. The first-order valence-electron chi connectivity index (χ1n) is 7.50. The lowest BCUT2D eigenvalue weighted by molar-refractivity contribution is -0.119. The van der Waals surface area contributed by atoms with Gasteiger partial charge in [0.25, 0.3) is 11.8 Å². The average molecular weight is 328 g/mol. The minimum absolute atomic E-state index is 0.159. The highest BCUT2D eigenvalue weighted by Gasteiger charge is 2.25. The van der Waals surface area contributed by atoms with Crippen molar-refractivity contribution in [3.05, 3.63) is 47.8 Å². The molecule has 1 aliphatic carbocycles. The van der Waals surface area contributed by atoms with E-state index in [1.165, 1.54) is 12.3 Å². The van der Waals surface area contributed by atoms with Crippen molar-refractivity contribution in [3.8, 4) is 0 Å². The molecule has 1 aromatic heterocycles. The van der Waals surface area contributed by atoms with E-state index < -0.39 is 18.5 Å². The highest BCUT2D eigenvalue weighted by atomic mass is 16.5. The van der Waals surface area contributed by atoms with Crippen molar-refractivity contribution >= 4 is 23.5 Å². The normalized spacial score (nSPS) is 13.2. The lowest BCUT2D eigenvalue weighted by Crippen LogP contribution is -2.28. The molecule has 2 amide bonds. The van der Waals surface area contributed by atoms with Crippen LogP contribution in [0.2, 0.25) is 0 Å². The number of carbonyl (C=O) groups excluding carboxylic acids is 3. The Hall–Kier alpha value is -3.16. The van der Waals surface area contributed by atoms with Gasteiger partial charge in [-0.05, 0) is 31.0 Å². The second kappa shape index (κ2) is 6.95. The molecule has 0 aliphatic heterocycles. The number of benzene rings is 1. The average Bonchev–Trinajstić information content (AvgIpc) is 3.22. The standard InChI is InChI=1S/C16H16N4O4/c21-14(9-24-16(23)13-7-8-17-20-13)19-12-4-2-1-3-11(12)15(22)18-10-5-6-10/h1-4,7-8,10H,5-6,9H2,(H,17,20)(H,18,22)(H,19,21). The van der Waals surface area contributed by atoms with Gasteiger partial charge in [0.05, 0.1) is 11.3 Å². The zero-order valence-electron chi connectivity index (χ0n) is 12.7. The third-order valence-corrected chi connectivity index (χ3v) is 3.41. The van der Waals surface area contributed by atoms with E-state index in [9.17, 15) is 14.4 Å². The molecule has 1 aliphatic rings. The molecule has 0 radical (unpaired) electrons. The number of nitrogens with zero attached hydrogens (tertiary/aromatic N) is 1. The predicted octanol–water partition coefficient (Wildman–Crippen LogP) is 1.10. The summed E-state index contributed by atoms with van der Waals surface area (Å²) in [6.07, 6.45) is 3.36. The highest BCUT2D eigenvalue weighted by molar-refractivity contribution is 6.04. The van der Waals surface area contributed by atoms with E-state index in [-0.39, 0.29) is 17.6 Å². The fourth-order valence-corrected chi connectivity index (χ4v) is 2.05. The van der Waals surface area contributed by atoms with Crippen LogP contribution in [0.4, 0.5) is 5.69 Å². The molecular weight excluding hydrogens is 312 g/mol. The number of rotatable bonds is 6. The van der Waals surface area contributed by atoms with Gasteiger partial charge in [0, 0.05) is 12.2 Å². The number of amides is 2. The summed E-state index contributed by atoms with van der Waals surface area (Å²) in [6.45, 7) is -0.462. The van der Waals surface area contributed by atoms with Gasteiger partial charge < -0.3 is 15.4 Å². The first kappa shape index (κ1) is 15.7. The maximum Gasteiger partial charge on any atom is 0.356 e. The maximum atomic E-state index is 12.2. The van der Waals surface area contributed by atoms with Crippen LogP contribution in [0.1, 0.15) is 33.7 Å². The van der Waals surface area contributed by atoms with Crippen LogP contribution in [0.15, 0.2) is 36.5 Å². The van der Waals surface area contributed by atoms with Crippen LogP contribution in [-0.4, -0.2) is 40.6 Å². The molecule has 24 heavy (non-hydrogen) atoms. The molecule has 1 heterocycles. The van der Waals surface area contributed by atoms with Gasteiger partial charge in [-0.1, -0.05) is 12.1 Å². The molecule has 0 bridgehead atoms. The predicted molar refractivity (Wildman–Crippen MR) is 84.4 cm³/mol. The molecule has 1 saturated carbocycles. The van der Waals surface area contributed by atoms with Crippen molar-refractivity contribution in [1.82, 2.24) is 15.5 Å². The Morgan fingerprint density at radius 2 is 2.00 bits per heavy atom. The molecule has 8 heteroatoms. The number of H-pyrrole nitrogens is 1. The van der Waals surface area contributed by atoms with Crippen LogP contribution in [0, 0.1) is 0 Å². The van der Waals surface area contributed by atoms with Crippen molar-refractivity contribution in [2.24, 2.45) is 0 Å². The molecule has 2 aromatic rings.